The quantitative estimate of drug-likeness (QED) is 0.0885. The Morgan fingerprint density at radius 2 is 0.862 bits per heavy atom. The molecule has 0 spiro atoms. The van der Waals surface area contributed by atoms with Crippen LogP contribution in [0.1, 0.15) is 103 Å². The normalized spacial score (nSPS) is 23.4. The van der Waals surface area contributed by atoms with E-state index in [9.17, 15) is 4.79 Å². The van der Waals surface area contributed by atoms with Crippen molar-refractivity contribution >= 4 is 74.9 Å². The van der Waals surface area contributed by atoms with Gasteiger partial charge in [-0.05, 0) is 137 Å². The fraction of sp³-hybridized carbons (Fsp3) is 0.300. The minimum Gasteiger partial charge on any atom is -0.442 e. The van der Waals surface area contributed by atoms with Crippen molar-refractivity contribution < 1.29 is 9.53 Å². The zero-order valence-corrected chi connectivity index (χ0v) is 36.8. The molecule has 0 aromatic heterocycles. The highest BCUT2D eigenvalue weighted by molar-refractivity contribution is 6.53. The summed E-state index contributed by atoms with van der Waals surface area (Å²) in [5.74, 6) is -0.640. The van der Waals surface area contributed by atoms with Crippen LogP contribution in [0.2, 0.25) is 20.1 Å². The van der Waals surface area contributed by atoms with Crippen LogP contribution in [0.5, 0.6) is 0 Å². The first-order chi connectivity index (χ1) is 27.8. The van der Waals surface area contributed by atoms with Gasteiger partial charge >= 0.3 is 5.97 Å². The first-order valence-electron chi connectivity index (χ1n) is 20.2. The number of rotatable bonds is 8. The minimum absolute atomic E-state index is 0.00456. The van der Waals surface area contributed by atoms with Gasteiger partial charge in [-0.25, -0.2) is 4.79 Å². The number of fused-ring (bicyclic) bond motifs is 1. The number of esters is 1. The molecule has 4 unspecified atom stereocenters. The monoisotopic (exact) mass is 848 g/mol. The first kappa shape index (κ1) is 40.6. The number of hydrogen-bond acceptors (Lipinski definition) is 4. The number of ether oxygens (including phenoxy) is 1. The van der Waals surface area contributed by atoms with Gasteiger partial charge in [0.1, 0.15) is 0 Å². The lowest BCUT2D eigenvalue weighted by Gasteiger charge is -2.30. The van der Waals surface area contributed by atoms with Crippen molar-refractivity contribution in [2.45, 2.75) is 97.0 Å². The van der Waals surface area contributed by atoms with Crippen LogP contribution in [0.25, 0.3) is 11.1 Å². The van der Waals surface area contributed by atoms with E-state index in [1.807, 2.05) is 12.2 Å². The summed E-state index contributed by atoms with van der Waals surface area (Å²) in [6.45, 7) is 13.3. The van der Waals surface area contributed by atoms with E-state index in [0.717, 1.165) is 70.2 Å². The second-order valence-electron chi connectivity index (χ2n) is 16.5. The maximum Gasteiger partial charge on any atom is 0.341 e. The molecule has 0 bridgehead atoms. The van der Waals surface area contributed by atoms with Gasteiger partial charge in [-0.3, -0.25) is 0 Å². The second kappa shape index (κ2) is 16.1. The maximum atomic E-state index is 14.3. The summed E-state index contributed by atoms with van der Waals surface area (Å²) in [5.41, 5.74) is 8.94. The third-order valence-corrected chi connectivity index (χ3v) is 14.2. The standard InChI is InChI=1S/C50H48Cl4N2O2/c1-29-7-15-35(16-8-29)41(37-19-23-39(24-20-37)55-31(3)11-12-32(55)4)27-50(44-43(49(57)58-50)45(51)47(53)48(54)46(44)52)28-42(36-17-9-30(2)10-18-36)38-21-25-40(26-22-38)56-33(5)13-14-34(56)6/h7-10,15-28,31-34H,11-14H2,1-6H3. The van der Waals surface area contributed by atoms with Gasteiger partial charge in [0.05, 0.1) is 25.7 Å². The van der Waals surface area contributed by atoms with E-state index < -0.39 is 11.6 Å². The lowest BCUT2D eigenvalue weighted by atomic mass is 9.82. The van der Waals surface area contributed by atoms with Crippen LogP contribution in [0.4, 0.5) is 11.4 Å². The molecule has 0 radical (unpaired) electrons. The molecule has 3 heterocycles. The minimum atomic E-state index is -1.57. The van der Waals surface area contributed by atoms with Gasteiger partial charge in [-0.1, -0.05) is 130 Å². The number of aryl methyl sites for hydroxylation is 2. The summed E-state index contributed by atoms with van der Waals surface area (Å²) in [6.07, 6.45) is 8.65. The molecule has 4 atom stereocenters. The molecule has 0 amide bonds. The average molecular weight is 851 g/mol. The van der Waals surface area contributed by atoms with Crippen LogP contribution >= 0.6 is 46.4 Å². The largest absolute Gasteiger partial charge is 0.442 e. The van der Waals surface area contributed by atoms with Gasteiger partial charge in [0, 0.05) is 41.1 Å². The van der Waals surface area contributed by atoms with Gasteiger partial charge in [0.25, 0.3) is 0 Å². The zero-order valence-electron chi connectivity index (χ0n) is 33.8. The number of carbonyl (C=O) groups is 1. The summed E-state index contributed by atoms with van der Waals surface area (Å²) in [5, 5.41) is 0.175. The molecule has 5 aromatic carbocycles. The van der Waals surface area contributed by atoms with Gasteiger partial charge in [-0.2, -0.15) is 0 Å². The molecule has 8 rings (SSSR count). The number of halogens is 4. The Balaban J connectivity index is 1.40. The van der Waals surface area contributed by atoms with Gasteiger partial charge in [0.15, 0.2) is 5.60 Å². The van der Waals surface area contributed by atoms with Gasteiger partial charge in [0.2, 0.25) is 0 Å². The Morgan fingerprint density at radius 3 is 1.22 bits per heavy atom. The molecule has 4 nitrogen and oxygen atoms in total. The van der Waals surface area contributed by atoms with Crippen molar-refractivity contribution in [3.8, 4) is 0 Å². The van der Waals surface area contributed by atoms with Crippen LogP contribution in [-0.4, -0.2) is 30.1 Å². The van der Waals surface area contributed by atoms with Gasteiger partial charge < -0.3 is 14.5 Å². The van der Waals surface area contributed by atoms with E-state index in [0.29, 0.717) is 29.7 Å². The summed E-state index contributed by atoms with van der Waals surface area (Å²) >= 11 is 27.6. The first-order valence-corrected chi connectivity index (χ1v) is 21.7. The number of cyclic esters (lactones) is 1. The number of anilines is 2. The summed E-state index contributed by atoms with van der Waals surface area (Å²) < 4.78 is 6.66. The molecule has 3 aliphatic rings. The Morgan fingerprint density at radius 1 is 0.534 bits per heavy atom. The van der Waals surface area contributed by atoms with E-state index >= 15 is 0 Å². The van der Waals surface area contributed by atoms with Crippen LogP contribution < -0.4 is 9.80 Å². The Labute approximate surface area is 363 Å². The second-order valence-corrected chi connectivity index (χ2v) is 18.0. The lowest BCUT2D eigenvalue weighted by Crippen LogP contribution is -2.32. The topological polar surface area (TPSA) is 32.8 Å². The van der Waals surface area contributed by atoms with Gasteiger partial charge in [-0.15, -0.1) is 0 Å². The SMILES string of the molecule is Cc1ccc(C(=CC2(C=C(c3ccc(C)cc3)c3ccc(N4C(C)CCC4C)cc3)OC(=O)c3c(Cl)c(Cl)c(Cl)c(Cl)c32)c2ccc(N3C(C)CCC3C)cc2)cc1. The van der Waals surface area contributed by atoms with E-state index in [1.165, 1.54) is 11.4 Å². The zero-order chi connectivity index (χ0) is 41.0. The third kappa shape index (κ3) is 7.36. The molecule has 0 N–H and O–H groups in total. The summed E-state index contributed by atoms with van der Waals surface area (Å²) in [7, 11) is 0. The molecule has 0 aliphatic carbocycles. The lowest BCUT2D eigenvalue weighted by molar-refractivity contribution is 0.0300. The fourth-order valence-electron chi connectivity index (χ4n) is 9.29. The van der Waals surface area contributed by atoms with E-state index in [4.69, 9.17) is 51.1 Å². The van der Waals surface area contributed by atoms with Crippen molar-refractivity contribution in [2.75, 3.05) is 9.80 Å². The predicted molar refractivity (Wildman–Crippen MR) is 244 cm³/mol. The summed E-state index contributed by atoms with van der Waals surface area (Å²) in [4.78, 5) is 19.3. The number of hydrogen-bond donors (Lipinski definition) is 0. The molecular formula is C50H48Cl4N2O2. The Kier molecular flexibility index (Phi) is 11.3. The van der Waals surface area contributed by atoms with Crippen molar-refractivity contribution in [1.82, 2.24) is 0 Å². The number of benzene rings is 5. The molecule has 5 aromatic rings. The maximum absolute atomic E-state index is 14.3. The molecular weight excluding hydrogens is 802 g/mol. The highest BCUT2D eigenvalue weighted by Crippen LogP contribution is 2.54. The molecule has 298 valence electrons. The molecule has 58 heavy (non-hydrogen) atoms. The highest BCUT2D eigenvalue weighted by Gasteiger charge is 2.48. The molecule has 8 heteroatoms. The molecule has 3 aliphatic heterocycles. The number of nitrogens with zero attached hydrogens (tertiary/aromatic N) is 2. The van der Waals surface area contributed by atoms with E-state index in [1.54, 1.807) is 0 Å². The van der Waals surface area contributed by atoms with Crippen molar-refractivity contribution in [1.29, 1.82) is 0 Å². The molecule has 2 fully saturated rings. The smallest absolute Gasteiger partial charge is 0.341 e. The number of carbonyl (C=O) groups excluding carboxylic acids is 1. The van der Waals surface area contributed by atoms with Crippen molar-refractivity contribution in [3.63, 3.8) is 0 Å². The fourth-order valence-corrected chi connectivity index (χ4v) is 10.4. The van der Waals surface area contributed by atoms with Crippen LogP contribution in [0.15, 0.2) is 109 Å². The molecule has 2 saturated heterocycles. The van der Waals surface area contributed by atoms with Crippen LogP contribution in [-0.2, 0) is 10.3 Å². The Bertz CT molecular complexity index is 2270. The third-order valence-electron chi connectivity index (χ3n) is 12.4. The molecule has 0 saturated carbocycles. The van der Waals surface area contributed by atoms with E-state index in [2.05, 4.69) is 148 Å². The average Bonchev–Trinajstić information content (AvgIpc) is 3.84. The van der Waals surface area contributed by atoms with E-state index in [-0.39, 0.29) is 25.7 Å². The van der Waals surface area contributed by atoms with Crippen molar-refractivity contribution in [2.24, 2.45) is 0 Å². The van der Waals surface area contributed by atoms with Crippen molar-refractivity contribution in [3.05, 3.63) is 174 Å². The summed E-state index contributed by atoms with van der Waals surface area (Å²) in [6, 6.07) is 35.9. The Hall–Kier alpha value is -4.19. The van der Waals surface area contributed by atoms with Crippen LogP contribution in [0.3, 0.4) is 0 Å². The predicted octanol–water partition coefficient (Wildman–Crippen LogP) is 14.3. The van der Waals surface area contributed by atoms with Crippen LogP contribution in [0, 0.1) is 13.8 Å². The highest BCUT2D eigenvalue weighted by atomic mass is 35.5.